The summed E-state index contributed by atoms with van der Waals surface area (Å²) in [6.45, 7) is 17.5. The largest absolute Gasteiger partial charge is 0.400 e. The number of amides is 2. The zero-order chi connectivity index (χ0) is 46.1. The Morgan fingerprint density at radius 2 is 1.12 bits per heavy atom. The number of hydrogen-bond donors (Lipinski definition) is 4. The zero-order valence-electron chi connectivity index (χ0n) is 39.5. The number of carbonyl (C=O) groups is 2. The molecule has 2 amide bonds. The molecule has 0 saturated heterocycles. The number of hydrogen-bond acceptors (Lipinski definition) is 9. The Morgan fingerprint density at radius 3 is 1.48 bits per heavy atom. The van der Waals surface area contributed by atoms with Gasteiger partial charge in [-0.25, -0.2) is 8.78 Å². The Hall–Kier alpha value is -3.77. The van der Waals surface area contributed by atoms with Crippen LogP contribution in [0.2, 0.25) is 0 Å². The van der Waals surface area contributed by atoms with Crippen LogP contribution in [0.15, 0.2) is 51.5 Å². The van der Waals surface area contributed by atoms with Crippen LogP contribution in [0.5, 0.6) is 0 Å². The van der Waals surface area contributed by atoms with Crippen molar-refractivity contribution in [1.29, 1.82) is 0 Å². The molecule has 2 aliphatic heterocycles. The molecule has 64 heavy (non-hydrogen) atoms. The van der Waals surface area contributed by atoms with Crippen LogP contribution in [0.4, 0.5) is 20.2 Å². The summed E-state index contributed by atoms with van der Waals surface area (Å²) in [5, 5.41) is 32.0. The van der Waals surface area contributed by atoms with Gasteiger partial charge in [0.2, 0.25) is 0 Å². The molecule has 4 unspecified atom stereocenters. The number of amidine groups is 2. The first-order chi connectivity index (χ1) is 28.8. The van der Waals surface area contributed by atoms with Crippen LogP contribution in [-0.4, -0.2) is 92.3 Å². The summed E-state index contributed by atoms with van der Waals surface area (Å²) in [5.41, 5.74) is 13.4. The molecule has 4 spiro atoms. The van der Waals surface area contributed by atoms with Crippen LogP contribution in [0, 0.1) is 41.9 Å². The molecule has 16 heteroatoms. The minimum absolute atomic E-state index is 0. The number of aliphatic imine (C=N–C) groups is 2. The summed E-state index contributed by atoms with van der Waals surface area (Å²) in [6.07, 6.45) is 3.21. The Balaban J connectivity index is 0.000000319. The first kappa shape index (κ1) is 52.9. The monoisotopic (exact) mass is 983 g/mol. The van der Waals surface area contributed by atoms with Gasteiger partial charge < -0.3 is 28.5 Å². The van der Waals surface area contributed by atoms with E-state index < -0.39 is 45.5 Å². The Morgan fingerprint density at radius 1 is 0.766 bits per heavy atom. The minimum Gasteiger partial charge on any atom is -0.400 e. The quantitative estimate of drug-likeness (QED) is 0.0578. The van der Waals surface area contributed by atoms with E-state index in [9.17, 15) is 28.6 Å². The molecule has 2 aromatic carbocycles. The third-order valence-corrected chi connectivity index (χ3v) is 14.6. The molecule has 2 aromatic rings. The number of aliphatic hydroxyl groups excluding tert-OH is 3. The fourth-order valence-corrected chi connectivity index (χ4v) is 12.5. The summed E-state index contributed by atoms with van der Waals surface area (Å²) in [6, 6.07) is 11.2. The fourth-order valence-electron chi connectivity index (χ4n) is 12.5. The molecule has 2 fully saturated rings. The van der Waals surface area contributed by atoms with Crippen molar-refractivity contribution in [2.45, 2.75) is 142 Å². The van der Waals surface area contributed by atoms with Gasteiger partial charge in [0.25, 0.3) is 11.8 Å². The molecule has 0 aromatic heterocycles. The number of aliphatic hydroxyl groups is 3. The molecule has 0 radical (unpaired) electrons. The van der Waals surface area contributed by atoms with E-state index in [0.717, 1.165) is 35.8 Å². The molecule has 358 valence electrons. The third kappa shape index (κ3) is 8.56. The van der Waals surface area contributed by atoms with E-state index in [2.05, 4.69) is 10.0 Å². The smallest absolute Gasteiger partial charge is 0.261 e. The zero-order valence-corrected chi connectivity index (χ0v) is 41.1. The number of nitrogens with two attached hydrogens (primary N) is 1. The van der Waals surface area contributed by atoms with E-state index in [1.54, 1.807) is 26.0 Å². The van der Waals surface area contributed by atoms with Crippen LogP contribution >= 0.6 is 0 Å². The van der Waals surface area contributed by atoms with Gasteiger partial charge in [0.15, 0.2) is 11.1 Å². The maximum absolute atomic E-state index is 14.6. The second-order valence-corrected chi connectivity index (χ2v) is 20.5. The van der Waals surface area contributed by atoms with Gasteiger partial charge in [-0.1, -0.05) is 51.0 Å². The number of nitrogen functional groups attached to an aromatic ring is 1. The Labute approximate surface area is 393 Å². The summed E-state index contributed by atoms with van der Waals surface area (Å²) in [4.78, 5) is 44.0. The second kappa shape index (κ2) is 18.5. The molecule has 13 nitrogen and oxygen atoms in total. The first-order valence-corrected chi connectivity index (χ1v) is 21.9. The normalized spacial score (nSPS) is 33.6. The van der Waals surface area contributed by atoms with E-state index in [-0.39, 0.29) is 77.9 Å². The van der Waals surface area contributed by atoms with Crippen LogP contribution < -0.4 is 5.73 Å². The van der Waals surface area contributed by atoms with Crippen molar-refractivity contribution in [3.05, 3.63) is 76.5 Å². The van der Waals surface area contributed by atoms with Crippen molar-refractivity contribution >= 4 is 34.9 Å². The number of azide groups is 1. The van der Waals surface area contributed by atoms with Crippen LogP contribution in [-0.2, 0) is 53.9 Å². The molecule has 8 rings (SSSR count). The Bertz CT molecular complexity index is 2200. The maximum atomic E-state index is 14.6. The summed E-state index contributed by atoms with van der Waals surface area (Å²) in [7, 11) is 1.00. The topological polar surface area (TPSA) is 201 Å². The van der Waals surface area contributed by atoms with Gasteiger partial charge >= 0.3 is 0 Å². The average Bonchev–Trinajstić information content (AvgIpc) is 3.78. The van der Waals surface area contributed by atoms with Crippen molar-refractivity contribution in [3.63, 3.8) is 0 Å². The molecular formula is C48H71F2N8O5Pd-. The molecule has 4 aliphatic carbocycles. The molecule has 2 saturated carbocycles. The number of benzene rings is 2. The number of halogens is 2. The number of nitrogens with zero attached hydrogens (tertiary/aromatic N) is 7. The van der Waals surface area contributed by atoms with E-state index >= 15 is 0 Å². The van der Waals surface area contributed by atoms with Gasteiger partial charge in [0.05, 0.1) is 25.3 Å². The van der Waals surface area contributed by atoms with E-state index in [4.69, 9.17) is 26.4 Å². The first-order valence-electron chi connectivity index (χ1n) is 21.9. The number of alkyl halides is 2. The number of fused-ring (bicyclic) bond motifs is 6. The predicted molar refractivity (Wildman–Crippen MR) is 246 cm³/mol. The van der Waals surface area contributed by atoms with E-state index in [1.807, 2.05) is 52.0 Å². The van der Waals surface area contributed by atoms with Gasteiger partial charge in [-0.2, -0.15) is 0 Å². The summed E-state index contributed by atoms with van der Waals surface area (Å²) in [5.74, 6) is 0.798. The van der Waals surface area contributed by atoms with E-state index in [1.165, 1.54) is 37.5 Å². The average molecular weight is 985 g/mol. The second-order valence-electron chi connectivity index (χ2n) is 20.5. The van der Waals surface area contributed by atoms with Crippen molar-refractivity contribution in [2.24, 2.45) is 49.6 Å². The molecular weight excluding hydrogens is 913 g/mol. The predicted octanol–water partition coefficient (Wildman–Crippen LogP) is 8.55. The number of rotatable bonds is 5. The molecule has 0 bridgehead atoms. The Kier molecular flexibility index (Phi) is 15.3. The standard InChI is InChI=1S/C23H30FN5O2.C23H32FN3O2.CH4O.CH3.Pd.H2/c1-13-9-22(10-14(2)19(13)30)11-16-6-7-17(27-28-25)8-18(16)23(22)20(31)29(15(3)26-23)12-21(4,5)24;1-13-9-22(10-14(2)19(13)28)11-16-6-7-17(25)8-18(16)23(22)20(29)27(15(3)26-23)12-21(4,5)24;1-2;;;/h6-8,13-14,19,30H,9-12H2,1-5H3;6-8,13-14,19,28H,9-12,25H2,1-5H3;2H,1H3;1H3;;1H/q;;;-1;;/t2*13-,14+,19?,22?,23-;;;;/m11..../s1. The van der Waals surface area contributed by atoms with Gasteiger partial charge in [-0.15, -0.1) is 0 Å². The molecule has 6 aliphatic rings. The van der Waals surface area contributed by atoms with Crippen molar-refractivity contribution < 1.29 is 55.5 Å². The third-order valence-electron chi connectivity index (χ3n) is 14.6. The molecule has 2 heterocycles. The van der Waals surface area contributed by atoms with Crippen molar-refractivity contribution in [1.82, 2.24) is 9.80 Å². The van der Waals surface area contributed by atoms with Gasteiger partial charge in [-0.3, -0.25) is 29.4 Å². The van der Waals surface area contributed by atoms with Crippen LogP contribution in [0.25, 0.3) is 10.4 Å². The number of carbonyl (C=O) groups excluding carboxylic acids is 2. The van der Waals surface area contributed by atoms with Crippen LogP contribution in [0.3, 0.4) is 0 Å². The number of anilines is 1. The SMILES string of the molecule is CC1=N[C@@]2(C(=O)N1CC(C)(C)F)c1cc(N)ccc1CC21C[C@@H](C)C(O)[C@@H](C)C1.CC1=N[C@@]2(C(=O)N1CC(C)(C)F)c1cc(N=[N+]=[N-])ccc1CC21C[C@@H](C)C(O)[C@@H](C)C1.CO.[CH3-].[HH].[Pd]. The molecule has 5 N–H and O–H groups in total. The van der Waals surface area contributed by atoms with Gasteiger partial charge in [0.1, 0.15) is 23.0 Å². The van der Waals surface area contributed by atoms with Crippen molar-refractivity contribution in [2.75, 3.05) is 25.9 Å². The molecule has 10 atom stereocenters. The van der Waals surface area contributed by atoms with Crippen LogP contribution in [0.1, 0.15) is 119 Å². The summed E-state index contributed by atoms with van der Waals surface area (Å²) >= 11 is 0. The van der Waals surface area contributed by atoms with Crippen molar-refractivity contribution in [3.8, 4) is 0 Å². The minimum atomic E-state index is -1.57. The maximum Gasteiger partial charge on any atom is 0.261 e. The van der Waals surface area contributed by atoms with E-state index in [0.29, 0.717) is 55.2 Å². The summed E-state index contributed by atoms with van der Waals surface area (Å²) < 4.78 is 29.1. The van der Waals surface area contributed by atoms with Gasteiger partial charge in [0, 0.05) is 56.1 Å². The fraction of sp³-hybridized carbons (Fsp3) is 0.646. The van der Waals surface area contributed by atoms with Gasteiger partial charge in [-0.05, 0) is 150 Å².